The molecule has 4 rings (SSSR count). The molecule has 2 aliphatic carbocycles. The van der Waals surface area contributed by atoms with E-state index < -0.39 is 0 Å². The Bertz CT molecular complexity index is 608. The topological polar surface area (TPSA) is 68.5 Å². The molecule has 150 valence electrons. The molecule has 27 heavy (non-hydrogen) atoms. The summed E-state index contributed by atoms with van der Waals surface area (Å²) in [6.07, 6.45) is 13.4. The highest BCUT2D eigenvalue weighted by molar-refractivity contribution is 5.76. The van der Waals surface area contributed by atoms with Crippen molar-refractivity contribution in [3.05, 3.63) is 11.7 Å². The van der Waals surface area contributed by atoms with E-state index in [2.05, 4.69) is 10.1 Å². The fourth-order valence-corrected chi connectivity index (χ4v) is 4.46. The molecule has 0 spiro atoms. The highest BCUT2D eigenvalue weighted by atomic mass is 16.5. The van der Waals surface area contributed by atoms with Gasteiger partial charge in [-0.25, -0.2) is 0 Å². The minimum absolute atomic E-state index is 0.0385. The maximum absolute atomic E-state index is 12.8. The molecule has 0 aromatic carbocycles. The van der Waals surface area contributed by atoms with Crippen molar-refractivity contribution in [2.45, 2.75) is 83.1 Å². The highest BCUT2D eigenvalue weighted by Crippen LogP contribution is 2.33. The minimum Gasteiger partial charge on any atom is -0.381 e. The van der Waals surface area contributed by atoms with E-state index in [1.807, 2.05) is 4.90 Å². The van der Waals surface area contributed by atoms with E-state index in [0.717, 1.165) is 50.7 Å². The van der Waals surface area contributed by atoms with Crippen molar-refractivity contribution in [1.29, 1.82) is 0 Å². The summed E-state index contributed by atoms with van der Waals surface area (Å²) >= 11 is 0. The first-order valence-electron chi connectivity index (χ1n) is 11.0. The number of carbonyl (C=O) groups is 1. The molecule has 1 aromatic rings. The lowest BCUT2D eigenvalue weighted by Crippen LogP contribution is -2.38. The zero-order chi connectivity index (χ0) is 18.5. The molecule has 0 radical (unpaired) electrons. The molecule has 1 aliphatic heterocycles. The van der Waals surface area contributed by atoms with Gasteiger partial charge >= 0.3 is 0 Å². The van der Waals surface area contributed by atoms with E-state index in [1.54, 1.807) is 0 Å². The van der Waals surface area contributed by atoms with Crippen LogP contribution in [0.1, 0.15) is 88.4 Å². The maximum atomic E-state index is 12.8. The van der Waals surface area contributed by atoms with Crippen molar-refractivity contribution in [2.24, 2.45) is 11.8 Å². The number of nitrogens with zero attached hydrogens (tertiary/aromatic N) is 3. The molecule has 0 bridgehead atoms. The first-order valence-corrected chi connectivity index (χ1v) is 11.0. The van der Waals surface area contributed by atoms with E-state index in [-0.39, 0.29) is 11.9 Å². The molecule has 1 amide bonds. The Morgan fingerprint density at radius 2 is 1.89 bits per heavy atom. The van der Waals surface area contributed by atoms with Crippen LogP contribution in [0.2, 0.25) is 0 Å². The number of hydrogen-bond acceptors (Lipinski definition) is 5. The van der Waals surface area contributed by atoms with Crippen molar-refractivity contribution >= 4 is 5.91 Å². The fraction of sp³-hybridized carbons (Fsp3) is 0.857. The van der Waals surface area contributed by atoms with Crippen molar-refractivity contribution in [2.75, 3.05) is 19.8 Å². The molecular formula is C21H33N3O3. The Labute approximate surface area is 162 Å². The van der Waals surface area contributed by atoms with E-state index in [0.29, 0.717) is 31.2 Å². The Kier molecular flexibility index (Phi) is 6.43. The second-order valence-corrected chi connectivity index (χ2v) is 8.61. The zero-order valence-electron chi connectivity index (χ0n) is 16.4. The molecule has 1 unspecified atom stereocenters. The third kappa shape index (κ3) is 5.31. The Balaban J connectivity index is 1.28. The number of rotatable bonds is 9. The number of carbonyl (C=O) groups excluding carboxylic acids is 1. The van der Waals surface area contributed by atoms with Gasteiger partial charge in [0.15, 0.2) is 5.82 Å². The van der Waals surface area contributed by atoms with Gasteiger partial charge in [0, 0.05) is 26.0 Å². The monoisotopic (exact) mass is 375 g/mol. The van der Waals surface area contributed by atoms with E-state index >= 15 is 0 Å². The van der Waals surface area contributed by atoms with Gasteiger partial charge in [-0.05, 0) is 50.4 Å². The lowest BCUT2D eigenvalue weighted by molar-refractivity contribution is -0.136. The lowest BCUT2D eigenvalue weighted by atomic mass is 9.98. The highest BCUT2D eigenvalue weighted by Gasteiger charge is 2.32. The van der Waals surface area contributed by atoms with Gasteiger partial charge in [0.1, 0.15) is 6.04 Å². The van der Waals surface area contributed by atoms with Crippen LogP contribution in [0.15, 0.2) is 4.52 Å². The van der Waals surface area contributed by atoms with Gasteiger partial charge in [0.2, 0.25) is 11.8 Å². The number of ether oxygens (including phenoxy) is 1. The van der Waals surface area contributed by atoms with Crippen LogP contribution in [0.5, 0.6) is 0 Å². The molecule has 6 nitrogen and oxygen atoms in total. The van der Waals surface area contributed by atoms with Gasteiger partial charge in [-0.3, -0.25) is 4.79 Å². The summed E-state index contributed by atoms with van der Waals surface area (Å²) in [6, 6.07) is -0.0385. The predicted octanol–water partition coefficient (Wildman–Crippen LogP) is 4.06. The van der Waals surface area contributed by atoms with Crippen LogP contribution < -0.4 is 0 Å². The summed E-state index contributed by atoms with van der Waals surface area (Å²) in [6.45, 7) is 2.32. The Morgan fingerprint density at radius 1 is 1.07 bits per heavy atom. The smallest absolute Gasteiger partial charge is 0.249 e. The zero-order valence-corrected chi connectivity index (χ0v) is 16.4. The molecule has 1 aromatic heterocycles. The summed E-state index contributed by atoms with van der Waals surface area (Å²) < 4.78 is 11.2. The van der Waals surface area contributed by atoms with Crippen LogP contribution in [-0.2, 0) is 16.0 Å². The van der Waals surface area contributed by atoms with Gasteiger partial charge in [-0.15, -0.1) is 0 Å². The molecule has 0 N–H and O–H groups in total. The van der Waals surface area contributed by atoms with Crippen LogP contribution in [0, 0.1) is 11.8 Å². The molecular weight excluding hydrogens is 342 g/mol. The Hall–Kier alpha value is -1.43. The average molecular weight is 376 g/mol. The number of likely N-dealkylation sites (tertiary alicyclic amines) is 1. The van der Waals surface area contributed by atoms with Gasteiger partial charge in [0.25, 0.3) is 0 Å². The second kappa shape index (κ2) is 9.18. The van der Waals surface area contributed by atoms with Crippen LogP contribution in [0.3, 0.4) is 0 Å². The number of aromatic nitrogens is 2. The third-order valence-electron chi connectivity index (χ3n) is 6.35. The Morgan fingerprint density at radius 3 is 2.70 bits per heavy atom. The van der Waals surface area contributed by atoms with Gasteiger partial charge in [0.05, 0.1) is 6.61 Å². The largest absolute Gasteiger partial charge is 0.381 e. The molecule has 3 fully saturated rings. The quantitative estimate of drug-likeness (QED) is 0.609. The number of piperidine rings is 1. The van der Waals surface area contributed by atoms with Crippen LogP contribution in [0.4, 0.5) is 0 Å². The summed E-state index contributed by atoms with van der Waals surface area (Å²) in [7, 11) is 0. The standard InChI is InChI=1S/C21H33N3O3/c25-20(11-10-16-5-1-2-6-16)24-13-4-3-7-18(24)21-22-19(23-27-21)12-14-26-15-17-8-9-17/h16-18H,1-15H2. The second-order valence-electron chi connectivity index (χ2n) is 8.61. The van der Waals surface area contributed by atoms with Crippen LogP contribution in [-0.4, -0.2) is 40.7 Å². The SMILES string of the molecule is O=C(CCC1CCCC1)N1CCCCC1c1nc(CCOCC2CC2)no1. The molecule has 1 saturated heterocycles. The number of hydrogen-bond donors (Lipinski definition) is 0. The van der Waals surface area contributed by atoms with E-state index in [4.69, 9.17) is 9.26 Å². The van der Waals surface area contributed by atoms with E-state index in [1.165, 1.54) is 38.5 Å². The predicted molar refractivity (Wildman–Crippen MR) is 101 cm³/mol. The summed E-state index contributed by atoms with van der Waals surface area (Å²) in [5, 5.41) is 4.12. The normalized spacial score (nSPS) is 23.9. The fourth-order valence-electron chi connectivity index (χ4n) is 4.46. The van der Waals surface area contributed by atoms with Crippen LogP contribution >= 0.6 is 0 Å². The minimum atomic E-state index is -0.0385. The first-order chi connectivity index (χ1) is 13.3. The van der Waals surface area contributed by atoms with Gasteiger partial charge in [-0.1, -0.05) is 30.8 Å². The first kappa shape index (κ1) is 18.9. The van der Waals surface area contributed by atoms with Gasteiger partial charge in [-0.2, -0.15) is 4.98 Å². The van der Waals surface area contributed by atoms with Crippen LogP contribution in [0.25, 0.3) is 0 Å². The van der Waals surface area contributed by atoms with E-state index in [9.17, 15) is 4.79 Å². The molecule has 2 heterocycles. The molecule has 2 saturated carbocycles. The third-order valence-corrected chi connectivity index (χ3v) is 6.35. The summed E-state index contributed by atoms with van der Waals surface area (Å²) in [5.41, 5.74) is 0. The van der Waals surface area contributed by atoms with Gasteiger partial charge < -0.3 is 14.2 Å². The molecule has 1 atom stereocenters. The van der Waals surface area contributed by atoms with Crippen molar-refractivity contribution in [1.82, 2.24) is 15.0 Å². The maximum Gasteiger partial charge on any atom is 0.249 e. The summed E-state index contributed by atoms with van der Waals surface area (Å²) in [5.74, 6) is 3.10. The molecule has 6 heteroatoms. The van der Waals surface area contributed by atoms with Crippen molar-refractivity contribution in [3.8, 4) is 0 Å². The average Bonchev–Trinajstić information content (AvgIpc) is 3.18. The number of amides is 1. The lowest BCUT2D eigenvalue weighted by Gasteiger charge is -2.33. The van der Waals surface area contributed by atoms with Crippen molar-refractivity contribution in [3.63, 3.8) is 0 Å². The van der Waals surface area contributed by atoms with Crippen molar-refractivity contribution < 1.29 is 14.1 Å². The molecule has 3 aliphatic rings. The summed E-state index contributed by atoms with van der Waals surface area (Å²) in [4.78, 5) is 19.4.